The van der Waals surface area contributed by atoms with Crippen molar-refractivity contribution in [3.8, 4) is 0 Å². The van der Waals surface area contributed by atoms with Gasteiger partial charge in [-0.3, -0.25) is 0 Å². The zero-order chi connectivity index (χ0) is 9.42. The van der Waals surface area contributed by atoms with Gasteiger partial charge in [0, 0.05) is 20.4 Å². The maximum atomic E-state index is 13.3. The van der Waals surface area contributed by atoms with Crippen LogP contribution < -0.4 is 0 Å². The van der Waals surface area contributed by atoms with Gasteiger partial charge in [-0.2, -0.15) is 0 Å². The Hall–Kier alpha value is -0.610. The van der Waals surface area contributed by atoms with Crippen LogP contribution in [0.4, 0.5) is 8.78 Å². The monoisotopic (exact) mass is 216 g/mol. The lowest BCUT2D eigenvalue weighted by atomic mass is 10.2. The van der Waals surface area contributed by atoms with Crippen LogP contribution in [-0.2, 0) is 0 Å². The van der Waals surface area contributed by atoms with Crippen molar-refractivity contribution in [2.45, 2.75) is 4.90 Å². The third-order valence-corrected chi connectivity index (χ3v) is 3.67. The molecule has 68 valence electrons. The maximum absolute atomic E-state index is 13.3. The molecule has 2 aromatic rings. The highest BCUT2D eigenvalue weighted by molar-refractivity contribution is 7.99. The smallest absolute Gasteiger partial charge is 0.168 e. The lowest BCUT2D eigenvalue weighted by Gasteiger charge is -1.96. The molecule has 0 nitrogen and oxygen atoms in total. The van der Waals surface area contributed by atoms with Gasteiger partial charge >= 0.3 is 0 Å². The maximum Gasteiger partial charge on any atom is 0.168 e. The molecule has 0 amide bonds. The number of thiophene rings is 1. The molecule has 0 unspecified atom stereocenters. The van der Waals surface area contributed by atoms with Gasteiger partial charge in [0.1, 0.15) is 0 Å². The topological polar surface area (TPSA) is 0 Å². The summed E-state index contributed by atoms with van der Waals surface area (Å²) in [6, 6.07) is 2.77. The molecule has 0 aliphatic rings. The number of hydrogen-bond acceptors (Lipinski definition) is 2. The Labute approximate surface area is 82.6 Å². The highest BCUT2D eigenvalue weighted by Gasteiger charge is 2.11. The van der Waals surface area contributed by atoms with Crippen molar-refractivity contribution in [1.29, 1.82) is 0 Å². The first-order chi connectivity index (χ1) is 6.24. The second-order valence-electron chi connectivity index (χ2n) is 2.54. The van der Waals surface area contributed by atoms with Crippen LogP contribution in [0.1, 0.15) is 0 Å². The standard InChI is InChI=1S/C9H6F2S2/c1-12-7-4-13-6-3-2-5(10)9(11)8(6)7/h2-4H,1H3. The third-order valence-electron chi connectivity index (χ3n) is 1.82. The molecule has 0 spiro atoms. The number of rotatable bonds is 1. The van der Waals surface area contributed by atoms with Gasteiger partial charge in [-0.25, -0.2) is 8.78 Å². The molecule has 2 rings (SSSR count). The largest absolute Gasteiger partial charge is 0.204 e. The van der Waals surface area contributed by atoms with Crippen LogP contribution in [0.2, 0.25) is 0 Å². The first kappa shape index (κ1) is 8.97. The van der Waals surface area contributed by atoms with Gasteiger partial charge in [-0.05, 0) is 18.4 Å². The minimum Gasteiger partial charge on any atom is -0.204 e. The van der Waals surface area contributed by atoms with E-state index in [2.05, 4.69) is 0 Å². The molecule has 0 N–H and O–H groups in total. The Morgan fingerprint density at radius 1 is 1.31 bits per heavy atom. The fourth-order valence-corrected chi connectivity index (χ4v) is 3.00. The average Bonchev–Trinajstić information content (AvgIpc) is 2.55. The average molecular weight is 216 g/mol. The quantitative estimate of drug-likeness (QED) is 0.651. The van der Waals surface area contributed by atoms with Crippen molar-refractivity contribution in [1.82, 2.24) is 0 Å². The fraction of sp³-hybridized carbons (Fsp3) is 0.111. The van der Waals surface area contributed by atoms with Crippen molar-refractivity contribution in [3.63, 3.8) is 0 Å². The van der Waals surface area contributed by atoms with E-state index in [1.807, 2.05) is 11.6 Å². The van der Waals surface area contributed by atoms with Crippen LogP contribution in [-0.4, -0.2) is 6.26 Å². The van der Waals surface area contributed by atoms with Crippen molar-refractivity contribution < 1.29 is 8.78 Å². The van der Waals surface area contributed by atoms with E-state index in [0.29, 0.717) is 5.39 Å². The lowest BCUT2D eigenvalue weighted by molar-refractivity contribution is 0.516. The molecule has 1 heterocycles. The minimum absolute atomic E-state index is 0.414. The second-order valence-corrected chi connectivity index (χ2v) is 4.30. The Morgan fingerprint density at radius 3 is 2.77 bits per heavy atom. The van der Waals surface area contributed by atoms with E-state index in [1.165, 1.54) is 23.1 Å². The van der Waals surface area contributed by atoms with E-state index in [1.54, 1.807) is 6.07 Å². The van der Waals surface area contributed by atoms with Gasteiger partial charge in [-0.15, -0.1) is 23.1 Å². The van der Waals surface area contributed by atoms with Gasteiger partial charge in [-0.1, -0.05) is 0 Å². The van der Waals surface area contributed by atoms with Gasteiger partial charge in [0.15, 0.2) is 11.6 Å². The molecule has 13 heavy (non-hydrogen) atoms. The van der Waals surface area contributed by atoms with E-state index < -0.39 is 11.6 Å². The summed E-state index contributed by atoms with van der Waals surface area (Å²) in [6.07, 6.45) is 1.85. The predicted octanol–water partition coefficient (Wildman–Crippen LogP) is 3.90. The van der Waals surface area contributed by atoms with Crippen LogP contribution in [0.5, 0.6) is 0 Å². The molecule has 0 radical (unpaired) electrons. The summed E-state index contributed by atoms with van der Waals surface area (Å²) in [5.74, 6) is -1.51. The summed E-state index contributed by atoms with van der Waals surface area (Å²) in [6.45, 7) is 0. The van der Waals surface area contributed by atoms with Gasteiger partial charge in [0.25, 0.3) is 0 Å². The summed E-state index contributed by atoms with van der Waals surface area (Å²) < 4.78 is 27.0. The molecule has 0 fully saturated rings. The fourth-order valence-electron chi connectivity index (χ4n) is 1.19. The zero-order valence-electron chi connectivity index (χ0n) is 6.80. The first-order valence-electron chi connectivity index (χ1n) is 3.63. The molecule has 0 saturated carbocycles. The van der Waals surface area contributed by atoms with E-state index in [0.717, 1.165) is 15.7 Å². The highest BCUT2D eigenvalue weighted by Crippen LogP contribution is 2.34. The first-order valence-corrected chi connectivity index (χ1v) is 5.73. The van der Waals surface area contributed by atoms with E-state index in [4.69, 9.17) is 0 Å². The van der Waals surface area contributed by atoms with Gasteiger partial charge in [0.2, 0.25) is 0 Å². The predicted molar refractivity (Wildman–Crippen MR) is 53.5 cm³/mol. The van der Waals surface area contributed by atoms with Crippen molar-refractivity contribution in [2.24, 2.45) is 0 Å². The minimum atomic E-state index is -0.777. The molecular formula is C9H6F2S2. The number of thioether (sulfide) groups is 1. The summed E-state index contributed by atoms with van der Waals surface area (Å²) >= 11 is 2.87. The van der Waals surface area contributed by atoms with Crippen molar-refractivity contribution in [3.05, 3.63) is 29.1 Å². The van der Waals surface area contributed by atoms with E-state index in [9.17, 15) is 8.78 Å². The second kappa shape index (κ2) is 3.27. The summed E-state index contributed by atoms with van der Waals surface area (Å²) in [4.78, 5) is 0.803. The summed E-state index contributed by atoms with van der Waals surface area (Å²) in [5.41, 5.74) is 0. The molecule has 1 aromatic heterocycles. The summed E-state index contributed by atoms with van der Waals surface area (Å²) in [5, 5.41) is 2.26. The Bertz CT molecular complexity index is 448. The Balaban J connectivity index is 2.85. The third kappa shape index (κ3) is 1.34. The highest BCUT2D eigenvalue weighted by atomic mass is 32.2. The normalized spacial score (nSPS) is 11.0. The summed E-state index contributed by atoms with van der Waals surface area (Å²) in [7, 11) is 0. The van der Waals surface area contributed by atoms with Crippen LogP contribution in [0.15, 0.2) is 22.4 Å². The Morgan fingerprint density at radius 2 is 2.08 bits per heavy atom. The van der Waals surface area contributed by atoms with E-state index in [-0.39, 0.29) is 0 Å². The molecular weight excluding hydrogens is 210 g/mol. The molecule has 1 aromatic carbocycles. The van der Waals surface area contributed by atoms with Crippen LogP contribution in [0.3, 0.4) is 0 Å². The molecule has 0 aliphatic carbocycles. The molecule has 0 atom stereocenters. The lowest BCUT2D eigenvalue weighted by Crippen LogP contribution is -1.83. The Kier molecular flexibility index (Phi) is 2.26. The number of halogens is 2. The van der Waals surface area contributed by atoms with Crippen LogP contribution in [0, 0.1) is 11.6 Å². The molecule has 0 saturated heterocycles. The number of benzene rings is 1. The zero-order valence-corrected chi connectivity index (χ0v) is 8.44. The van der Waals surface area contributed by atoms with Crippen LogP contribution >= 0.6 is 23.1 Å². The van der Waals surface area contributed by atoms with Crippen molar-refractivity contribution >= 4 is 33.2 Å². The van der Waals surface area contributed by atoms with Crippen LogP contribution in [0.25, 0.3) is 10.1 Å². The number of hydrogen-bond donors (Lipinski definition) is 0. The van der Waals surface area contributed by atoms with Gasteiger partial charge < -0.3 is 0 Å². The van der Waals surface area contributed by atoms with Gasteiger partial charge in [0.05, 0.1) is 0 Å². The van der Waals surface area contributed by atoms with Crippen molar-refractivity contribution in [2.75, 3.05) is 6.26 Å². The van der Waals surface area contributed by atoms with E-state index >= 15 is 0 Å². The SMILES string of the molecule is CSc1csc2ccc(F)c(F)c12. The number of fused-ring (bicyclic) bond motifs is 1. The molecule has 0 bridgehead atoms. The molecule has 0 aliphatic heterocycles. The molecule has 4 heteroatoms.